The lowest BCUT2D eigenvalue weighted by molar-refractivity contribution is -0.115. The molecule has 0 aliphatic heterocycles. The lowest BCUT2D eigenvalue weighted by Gasteiger charge is -2.24. The number of hydrogen-bond acceptors (Lipinski definition) is 3. The predicted molar refractivity (Wildman–Crippen MR) is 124 cm³/mol. The van der Waals surface area contributed by atoms with Gasteiger partial charge in [0.1, 0.15) is 5.82 Å². The molecule has 0 bridgehead atoms. The lowest BCUT2D eigenvalue weighted by Crippen LogP contribution is -2.21. The number of fused-ring (bicyclic) bond motifs is 3. The Morgan fingerprint density at radius 2 is 1.75 bits per heavy atom. The first-order valence-electron chi connectivity index (χ1n) is 11.7. The Kier molecular flexibility index (Phi) is 5.97. The Morgan fingerprint density at radius 3 is 2.56 bits per heavy atom. The second-order valence-corrected chi connectivity index (χ2v) is 9.03. The van der Waals surface area contributed by atoms with Gasteiger partial charge in [0.15, 0.2) is 5.82 Å². The van der Waals surface area contributed by atoms with Crippen LogP contribution in [0.1, 0.15) is 54.6 Å². The Balaban J connectivity index is 1.45. The van der Waals surface area contributed by atoms with Crippen LogP contribution in [0.15, 0.2) is 48.5 Å². The number of carbonyl (C=O) groups is 1. The van der Waals surface area contributed by atoms with Crippen molar-refractivity contribution in [1.82, 2.24) is 9.97 Å². The number of aryl methyl sites for hydroxylation is 2. The largest absolute Gasteiger partial charge is 0.309 e. The molecule has 0 unspecified atom stereocenters. The second kappa shape index (κ2) is 9.19. The van der Waals surface area contributed by atoms with E-state index in [-0.39, 0.29) is 18.1 Å². The minimum atomic E-state index is -0.301. The summed E-state index contributed by atoms with van der Waals surface area (Å²) in [5.41, 5.74) is 6.06. The Hall–Kier alpha value is -3.08. The predicted octanol–water partition coefficient (Wildman–Crippen LogP) is 5.69. The Labute approximate surface area is 188 Å². The van der Waals surface area contributed by atoms with Crippen molar-refractivity contribution in [2.75, 3.05) is 5.32 Å². The molecule has 2 aromatic carbocycles. The zero-order valence-corrected chi connectivity index (χ0v) is 18.2. The Morgan fingerprint density at radius 1 is 0.969 bits per heavy atom. The van der Waals surface area contributed by atoms with Gasteiger partial charge in [-0.1, -0.05) is 68.5 Å². The molecule has 164 valence electrons. The summed E-state index contributed by atoms with van der Waals surface area (Å²) in [7, 11) is 0. The topological polar surface area (TPSA) is 54.9 Å². The van der Waals surface area contributed by atoms with Crippen LogP contribution < -0.4 is 5.32 Å². The van der Waals surface area contributed by atoms with E-state index in [0.29, 0.717) is 11.7 Å². The van der Waals surface area contributed by atoms with Crippen LogP contribution in [-0.2, 0) is 30.5 Å². The molecule has 1 N–H and O–H groups in total. The number of aromatic nitrogens is 2. The van der Waals surface area contributed by atoms with E-state index in [4.69, 9.17) is 9.97 Å². The molecule has 1 amide bonds. The van der Waals surface area contributed by atoms with Gasteiger partial charge in [-0.2, -0.15) is 0 Å². The van der Waals surface area contributed by atoms with E-state index in [0.717, 1.165) is 47.5 Å². The SMILES string of the molecule is O=C(Cc1ccc(F)cc1)Nc1nc2c(nc1CC1CCCCC1)-c1ccccc1CC2. The first-order chi connectivity index (χ1) is 15.7. The summed E-state index contributed by atoms with van der Waals surface area (Å²) in [5.74, 6) is 0.736. The molecule has 5 rings (SSSR count). The first kappa shape index (κ1) is 20.8. The molecular weight excluding hydrogens is 401 g/mol. The molecule has 5 heteroatoms. The van der Waals surface area contributed by atoms with E-state index >= 15 is 0 Å². The van der Waals surface area contributed by atoms with Gasteiger partial charge >= 0.3 is 0 Å². The zero-order valence-electron chi connectivity index (χ0n) is 18.2. The van der Waals surface area contributed by atoms with E-state index in [2.05, 4.69) is 29.6 Å². The van der Waals surface area contributed by atoms with Crippen molar-refractivity contribution in [1.29, 1.82) is 0 Å². The smallest absolute Gasteiger partial charge is 0.229 e. The monoisotopic (exact) mass is 429 g/mol. The summed E-state index contributed by atoms with van der Waals surface area (Å²) in [5, 5.41) is 3.03. The van der Waals surface area contributed by atoms with Crippen LogP contribution in [0.4, 0.5) is 10.2 Å². The van der Waals surface area contributed by atoms with Crippen LogP contribution >= 0.6 is 0 Å². The van der Waals surface area contributed by atoms with Gasteiger partial charge in [0.05, 0.1) is 23.5 Å². The van der Waals surface area contributed by atoms with Gasteiger partial charge in [-0.05, 0) is 48.4 Å². The summed E-state index contributed by atoms with van der Waals surface area (Å²) < 4.78 is 13.2. The average molecular weight is 430 g/mol. The highest BCUT2D eigenvalue weighted by Gasteiger charge is 2.24. The molecule has 0 atom stereocenters. The number of nitrogens with one attached hydrogen (secondary N) is 1. The van der Waals surface area contributed by atoms with E-state index < -0.39 is 0 Å². The van der Waals surface area contributed by atoms with Crippen molar-refractivity contribution in [3.63, 3.8) is 0 Å². The summed E-state index contributed by atoms with van der Waals surface area (Å²) in [4.78, 5) is 22.8. The number of amides is 1. The van der Waals surface area contributed by atoms with Crippen LogP contribution in [-0.4, -0.2) is 15.9 Å². The van der Waals surface area contributed by atoms with Gasteiger partial charge in [-0.3, -0.25) is 4.79 Å². The maximum Gasteiger partial charge on any atom is 0.229 e. The number of benzene rings is 2. The van der Waals surface area contributed by atoms with Crippen molar-refractivity contribution in [2.45, 2.75) is 57.8 Å². The molecule has 1 fully saturated rings. The summed E-state index contributed by atoms with van der Waals surface area (Å²) in [6.07, 6.45) is 9.03. The molecular formula is C27H28FN3O. The van der Waals surface area contributed by atoms with Crippen LogP contribution in [0, 0.1) is 11.7 Å². The number of nitrogens with zero attached hydrogens (tertiary/aromatic N) is 2. The fourth-order valence-electron chi connectivity index (χ4n) is 4.99. The molecule has 4 nitrogen and oxygen atoms in total. The van der Waals surface area contributed by atoms with Crippen molar-refractivity contribution < 1.29 is 9.18 Å². The molecule has 2 aliphatic carbocycles. The third kappa shape index (κ3) is 4.57. The quantitative estimate of drug-likeness (QED) is 0.567. The summed E-state index contributed by atoms with van der Waals surface area (Å²) in [6.45, 7) is 0. The van der Waals surface area contributed by atoms with Gasteiger partial charge in [0, 0.05) is 5.56 Å². The van der Waals surface area contributed by atoms with E-state index in [1.54, 1.807) is 12.1 Å². The molecule has 1 heterocycles. The highest BCUT2D eigenvalue weighted by atomic mass is 19.1. The summed E-state index contributed by atoms with van der Waals surface area (Å²) in [6, 6.07) is 14.5. The highest BCUT2D eigenvalue weighted by molar-refractivity contribution is 5.92. The number of anilines is 1. The number of hydrogen-bond donors (Lipinski definition) is 1. The van der Waals surface area contributed by atoms with Crippen LogP contribution in [0.2, 0.25) is 0 Å². The van der Waals surface area contributed by atoms with Crippen LogP contribution in [0.5, 0.6) is 0 Å². The molecule has 1 aromatic heterocycles. The van der Waals surface area contributed by atoms with Gasteiger partial charge in [-0.25, -0.2) is 14.4 Å². The minimum Gasteiger partial charge on any atom is -0.309 e. The molecule has 1 saturated carbocycles. The molecule has 0 radical (unpaired) electrons. The molecule has 0 spiro atoms. The Bertz CT molecular complexity index is 1120. The maximum absolute atomic E-state index is 13.2. The standard InChI is InChI=1S/C27H28FN3O/c28-21-13-10-19(11-14-21)17-25(32)31-27-24(16-18-6-2-1-3-7-18)29-26-22-9-5-4-8-20(22)12-15-23(26)30-27/h4-5,8-11,13-14,18H,1-3,6-7,12,15-17H2,(H,30,31,32). The van der Waals surface area contributed by atoms with Crippen molar-refractivity contribution in [2.24, 2.45) is 5.92 Å². The maximum atomic E-state index is 13.2. The van der Waals surface area contributed by atoms with Crippen molar-refractivity contribution in [3.05, 3.63) is 76.9 Å². The van der Waals surface area contributed by atoms with E-state index in [1.807, 2.05) is 0 Å². The van der Waals surface area contributed by atoms with Crippen LogP contribution in [0.25, 0.3) is 11.3 Å². The van der Waals surface area contributed by atoms with Crippen LogP contribution in [0.3, 0.4) is 0 Å². The van der Waals surface area contributed by atoms with Crippen molar-refractivity contribution in [3.8, 4) is 11.3 Å². The molecule has 0 saturated heterocycles. The zero-order chi connectivity index (χ0) is 21.9. The highest BCUT2D eigenvalue weighted by Crippen LogP contribution is 2.34. The fraction of sp³-hybridized carbons (Fsp3) is 0.370. The third-order valence-corrected chi connectivity index (χ3v) is 6.69. The third-order valence-electron chi connectivity index (χ3n) is 6.69. The van der Waals surface area contributed by atoms with E-state index in [9.17, 15) is 9.18 Å². The number of carbonyl (C=O) groups excluding carboxylic acids is 1. The number of halogens is 1. The molecule has 32 heavy (non-hydrogen) atoms. The van der Waals surface area contributed by atoms with Gasteiger partial charge in [0.2, 0.25) is 5.91 Å². The lowest BCUT2D eigenvalue weighted by atomic mass is 9.85. The van der Waals surface area contributed by atoms with Gasteiger partial charge in [0.25, 0.3) is 0 Å². The normalized spacial score (nSPS) is 15.7. The summed E-state index contributed by atoms with van der Waals surface area (Å²) >= 11 is 0. The fourth-order valence-corrected chi connectivity index (χ4v) is 4.99. The first-order valence-corrected chi connectivity index (χ1v) is 11.7. The molecule has 2 aliphatic rings. The average Bonchev–Trinajstić information content (AvgIpc) is 2.81. The van der Waals surface area contributed by atoms with E-state index in [1.165, 1.54) is 49.8 Å². The second-order valence-electron chi connectivity index (χ2n) is 9.03. The van der Waals surface area contributed by atoms with Gasteiger partial charge < -0.3 is 5.32 Å². The number of rotatable bonds is 5. The van der Waals surface area contributed by atoms with Crippen molar-refractivity contribution >= 4 is 11.7 Å². The van der Waals surface area contributed by atoms with Gasteiger partial charge in [-0.15, -0.1) is 0 Å². The minimum absolute atomic E-state index is 0.146. The molecule has 3 aromatic rings.